The van der Waals surface area contributed by atoms with Gasteiger partial charge in [-0.25, -0.2) is 0 Å². The number of allylic oxidation sites excluding steroid dienone is 1. The summed E-state index contributed by atoms with van der Waals surface area (Å²) in [4.78, 5) is 1.67. The first-order valence-electron chi connectivity index (χ1n) is 30.3. The summed E-state index contributed by atoms with van der Waals surface area (Å²) in [6.07, 6.45) is 65.4. The van der Waals surface area contributed by atoms with Gasteiger partial charge in [-0.15, -0.1) is 23.1 Å². The topological polar surface area (TPSA) is 0 Å². The number of hydrogen-bond acceptors (Lipinski definition) is 2. The Labute approximate surface area is 420 Å². The summed E-state index contributed by atoms with van der Waals surface area (Å²) < 4.78 is 0. The van der Waals surface area contributed by atoms with Crippen LogP contribution in [0.3, 0.4) is 0 Å². The molecule has 0 saturated carbocycles. The van der Waals surface area contributed by atoms with E-state index in [4.69, 9.17) is 0 Å². The normalized spacial score (nSPS) is 17.5. The van der Waals surface area contributed by atoms with Crippen molar-refractivity contribution in [1.82, 2.24) is 0 Å². The SMILES string of the molecule is CCCCCCCCCCCCC1(CCCCCCCCCCCC)c2cc3c(cc2-c2sccc21)C(CCCCCCCCCCCC)(CCCCCCCCCCCC)C1C=CSC31. The Bertz CT molecular complexity index is 1500. The van der Waals surface area contributed by atoms with Gasteiger partial charge in [-0.2, -0.15) is 0 Å². The molecule has 0 saturated heterocycles. The summed E-state index contributed by atoms with van der Waals surface area (Å²) in [5, 5.41) is 5.66. The van der Waals surface area contributed by atoms with E-state index in [9.17, 15) is 0 Å². The molecule has 3 aliphatic rings. The molecule has 2 atom stereocenters. The van der Waals surface area contributed by atoms with Crippen LogP contribution in [0.15, 0.2) is 35.1 Å². The molecule has 2 heterocycles. The average Bonchev–Trinajstić information content (AvgIpc) is 4.12. The molecule has 1 aliphatic heterocycles. The first-order valence-corrected chi connectivity index (χ1v) is 32.1. The average molecular weight is 942 g/mol. The molecule has 0 amide bonds. The number of rotatable bonds is 44. The van der Waals surface area contributed by atoms with Crippen molar-refractivity contribution in [2.45, 2.75) is 326 Å². The van der Waals surface area contributed by atoms with Gasteiger partial charge < -0.3 is 0 Å². The van der Waals surface area contributed by atoms with E-state index in [1.165, 1.54) is 283 Å². The molecule has 0 fully saturated rings. The molecule has 2 aromatic rings. The summed E-state index contributed by atoms with van der Waals surface area (Å²) >= 11 is 4.29. The van der Waals surface area contributed by atoms with E-state index in [1.807, 2.05) is 5.56 Å². The van der Waals surface area contributed by atoms with Crippen LogP contribution < -0.4 is 0 Å². The van der Waals surface area contributed by atoms with Gasteiger partial charge in [-0.05, 0) is 76.4 Å². The molecule has 376 valence electrons. The molecule has 0 radical (unpaired) electrons. The van der Waals surface area contributed by atoms with Crippen LogP contribution >= 0.6 is 23.1 Å². The van der Waals surface area contributed by atoms with Crippen molar-refractivity contribution in [3.63, 3.8) is 0 Å². The Morgan fingerprint density at radius 3 is 1.15 bits per heavy atom. The summed E-state index contributed by atoms with van der Waals surface area (Å²) in [5.41, 5.74) is 9.31. The number of thiophene rings is 1. The Morgan fingerprint density at radius 1 is 0.394 bits per heavy atom. The van der Waals surface area contributed by atoms with E-state index in [-0.39, 0.29) is 5.41 Å². The minimum atomic E-state index is 0.213. The summed E-state index contributed by atoms with van der Waals surface area (Å²) in [7, 11) is 0. The van der Waals surface area contributed by atoms with E-state index in [0.717, 1.165) is 0 Å². The number of unbranched alkanes of at least 4 members (excludes halogenated alkanes) is 36. The number of fused-ring (bicyclic) bond motifs is 6. The van der Waals surface area contributed by atoms with Crippen LogP contribution in [0.1, 0.15) is 338 Å². The lowest BCUT2D eigenvalue weighted by molar-refractivity contribution is 0.275. The maximum Gasteiger partial charge on any atom is 0.0412 e. The van der Waals surface area contributed by atoms with Gasteiger partial charge in [0.25, 0.3) is 0 Å². The van der Waals surface area contributed by atoms with Gasteiger partial charge in [0.1, 0.15) is 0 Å². The fraction of sp³-hybridized carbons (Fsp3) is 0.812. The van der Waals surface area contributed by atoms with Crippen molar-refractivity contribution in [3.8, 4) is 10.4 Å². The lowest BCUT2D eigenvalue weighted by atomic mass is 9.67. The molecule has 0 bridgehead atoms. The van der Waals surface area contributed by atoms with Crippen molar-refractivity contribution < 1.29 is 0 Å². The highest BCUT2D eigenvalue weighted by molar-refractivity contribution is 8.02. The van der Waals surface area contributed by atoms with E-state index in [1.54, 1.807) is 27.1 Å². The second-order valence-electron chi connectivity index (χ2n) is 22.5. The second kappa shape index (κ2) is 33.6. The fourth-order valence-electron chi connectivity index (χ4n) is 13.3. The Hall–Kier alpha value is -0.990. The van der Waals surface area contributed by atoms with E-state index >= 15 is 0 Å². The summed E-state index contributed by atoms with van der Waals surface area (Å²) in [5.74, 6) is 0.679. The van der Waals surface area contributed by atoms with Crippen molar-refractivity contribution in [2.24, 2.45) is 5.92 Å². The molecule has 0 nitrogen and oxygen atoms in total. The lowest BCUT2D eigenvalue weighted by Gasteiger charge is -2.37. The predicted molar refractivity (Wildman–Crippen MR) is 301 cm³/mol. The Kier molecular flexibility index (Phi) is 28.4. The van der Waals surface area contributed by atoms with Crippen LogP contribution in [-0.2, 0) is 10.8 Å². The van der Waals surface area contributed by atoms with Crippen molar-refractivity contribution in [1.29, 1.82) is 0 Å². The molecule has 1 aromatic carbocycles. The van der Waals surface area contributed by atoms with Crippen LogP contribution in [0.4, 0.5) is 0 Å². The molecule has 2 unspecified atom stereocenters. The minimum absolute atomic E-state index is 0.213. The molecule has 0 N–H and O–H groups in total. The number of hydrogen-bond donors (Lipinski definition) is 0. The van der Waals surface area contributed by atoms with Crippen LogP contribution in [0.5, 0.6) is 0 Å². The van der Waals surface area contributed by atoms with Crippen molar-refractivity contribution in [3.05, 3.63) is 57.3 Å². The third-order valence-corrected chi connectivity index (χ3v) is 19.4. The third-order valence-electron chi connectivity index (χ3n) is 17.3. The largest absolute Gasteiger partial charge is 0.143 e. The van der Waals surface area contributed by atoms with E-state index < -0.39 is 0 Å². The van der Waals surface area contributed by atoms with Gasteiger partial charge in [0.2, 0.25) is 0 Å². The highest BCUT2D eigenvalue weighted by Gasteiger charge is 2.54. The molecular formula is C64H108S2. The van der Waals surface area contributed by atoms with Crippen LogP contribution in [-0.4, -0.2) is 0 Å². The van der Waals surface area contributed by atoms with E-state index in [0.29, 0.717) is 16.6 Å². The molecule has 66 heavy (non-hydrogen) atoms. The quantitative estimate of drug-likeness (QED) is 0.0597. The van der Waals surface area contributed by atoms with Crippen molar-refractivity contribution >= 4 is 23.1 Å². The molecule has 2 aliphatic carbocycles. The van der Waals surface area contributed by atoms with Gasteiger partial charge in [0.15, 0.2) is 0 Å². The maximum absolute atomic E-state index is 2.92. The van der Waals surface area contributed by atoms with Crippen LogP contribution in [0, 0.1) is 5.92 Å². The second-order valence-corrected chi connectivity index (χ2v) is 24.5. The van der Waals surface area contributed by atoms with Gasteiger partial charge in [0.05, 0.1) is 0 Å². The first kappa shape index (κ1) is 55.9. The first-order chi connectivity index (χ1) is 32.7. The monoisotopic (exact) mass is 941 g/mol. The van der Waals surface area contributed by atoms with Gasteiger partial charge in [0, 0.05) is 26.9 Å². The summed E-state index contributed by atoms with van der Waals surface area (Å²) in [6.45, 7) is 9.36. The highest BCUT2D eigenvalue weighted by Crippen LogP contribution is 2.66. The summed E-state index contributed by atoms with van der Waals surface area (Å²) in [6, 6.07) is 8.44. The van der Waals surface area contributed by atoms with Gasteiger partial charge >= 0.3 is 0 Å². The van der Waals surface area contributed by atoms with Crippen molar-refractivity contribution in [2.75, 3.05) is 0 Å². The van der Waals surface area contributed by atoms with E-state index in [2.05, 4.69) is 85.9 Å². The zero-order valence-electron chi connectivity index (χ0n) is 44.5. The van der Waals surface area contributed by atoms with Gasteiger partial charge in [-0.3, -0.25) is 0 Å². The fourth-order valence-corrected chi connectivity index (χ4v) is 15.6. The third kappa shape index (κ3) is 17.1. The smallest absolute Gasteiger partial charge is 0.0412 e. The zero-order valence-corrected chi connectivity index (χ0v) is 46.2. The Morgan fingerprint density at radius 2 is 0.758 bits per heavy atom. The molecule has 2 heteroatoms. The molecular weight excluding hydrogens is 833 g/mol. The molecule has 1 aromatic heterocycles. The molecule has 5 rings (SSSR count). The standard InChI is InChI=1S/C64H108S2/c1-5-9-13-17-21-25-29-33-37-41-47-63(48-42-38-34-30-26-22-18-14-10-6-2)57-45-51-65-61(57)55-54-60-56(53-59(55)63)62-58(46-52-66-62)64(60,49-43-39-35-31-27-23-19-15-11-7-3)50-44-40-36-32-28-24-20-16-12-8-4/h45-46,51-54,57,61H,5-44,47-50H2,1-4H3. The Balaban J connectivity index is 1.33. The van der Waals surface area contributed by atoms with Crippen LogP contribution in [0.25, 0.3) is 10.4 Å². The predicted octanol–water partition coefficient (Wildman–Crippen LogP) is 23.4. The lowest BCUT2D eigenvalue weighted by Crippen LogP contribution is -2.31. The minimum Gasteiger partial charge on any atom is -0.143 e. The molecule has 0 spiro atoms. The van der Waals surface area contributed by atoms with Crippen LogP contribution in [0.2, 0.25) is 0 Å². The number of thioether (sulfide) groups is 1. The van der Waals surface area contributed by atoms with Gasteiger partial charge in [-0.1, -0.05) is 297 Å². The number of benzene rings is 1. The zero-order chi connectivity index (χ0) is 46.4. The highest BCUT2D eigenvalue weighted by atomic mass is 32.2. The maximum atomic E-state index is 2.92.